The summed E-state index contributed by atoms with van der Waals surface area (Å²) in [4.78, 5) is 24.0. The summed E-state index contributed by atoms with van der Waals surface area (Å²) in [5.74, 6) is 0.873. The van der Waals surface area contributed by atoms with E-state index in [1.54, 1.807) is 19.4 Å². The molecule has 3 N–H and O–H groups in total. The predicted octanol–water partition coefficient (Wildman–Crippen LogP) is 1.67. The highest BCUT2D eigenvalue weighted by Gasteiger charge is 2.18. The lowest BCUT2D eigenvalue weighted by molar-refractivity contribution is 0.103. The van der Waals surface area contributed by atoms with Crippen LogP contribution in [-0.4, -0.2) is 55.6 Å². The fourth-order valence-electron chi connectivity index (χ4n) is 3.20. The topological polar surface area (TPSA) is 93.4 Å². The molecular weight excluding hydrogens is 342 g/mol. The Morgan fingerprint density at radius 2 is 2.22 bits per heavy atom. The van der Waals surface area contributed by atoms with Gasteiger partial charge in [-0.15, -0.1) is 0 Å². The number of pyridine rings is 2. The highest BCUT2D eigenvalue weighted by Crippen LogP contribution is 2.19. The van der Waals surface area contributed by atoms with Crippen LogP contribution < -0.4 is 16.0 Å². The van der Waals surface area contributed by atoms with Crippen LogP contribution in [0.4, 0.5) is 11.6 Å². The van der Waals surface area contributed by atoms with Crippen LogP contribution in [0.2, 0.25) is 0 Å². The van der Waals surface area contributed by atoms with Crippen LogP contribution >= 0.6 is 0 Å². The molecule has 0 amide bonds. The maximum absolute atomic E-state index is 13.0. The molecule has 0 bridgehead atoms. The molecule has 0 aliphatic carbocycles. The summed E-state index contributed by atoms with van der Waals surface area (Å²) in [5.41, 5.74) is 7.76. The first-order chi connectivity index (χ1) is 13.2. The Balaban J connectivity index is 1.81. The molecule has 2 aromatic heterocycles. The Morgan fingerprint density at radius 3 is 3.07 bits per heavy atom. The van der Waals surface area contributed by atoms with Crippen LogP contribution in [0.25, 0.3) is 0 Å². The molecule has 1 saturated heterocycles. The van der Waals surface area contributed by atoms with E-state index < -0.39 is 0 Å². The number of ketones is 1. The van der Waals surface area contributed by atoms with Crippen molar-refractivity contribution in [3.63, 3.8) is 0 Å². The first-order valence-electron chi connectivity index (χ1n) is 9.40. The maximum atomic E-state index is 13.0. The molecule has 0 saturated carbocycles. The van der Waals surface area contributed by atoms with E-state index in [9.17, 15) is 4.79 Å². The van der Waals surface area contributed by atoms with Gasteiger partial charge in [0, 0.05) is 39.5 Å². The molecule has 3 rings (SSSR count). The zero-order chi connectivity index (χ0) is 19.1. The van der Waals surface area contributed by atoms with Crippen LogP contribution in [0.15, 0.2) is 30.5 Å². The highest BCUT2D eigenvalue weighted by atomic mass is 16.5. The number of nitrogens with zero attached hydrogens (tertiary/aromatic N) is 3. The van der Waals surface area contributed by atoms with Crippen LogP contribution in [0.3, 0.4) is 0 Å². The Kier molecular flexibility index (Phi) is 6.73. The van der Waals surface area contributed by atoms with Gasteiger partial charge in [-0.1, -0.05) is 6.07 Å². The van der Waals surface area contributed by atoms with E-state index in [1.807, 2.05) is 18.2 Å². The molecule has 2 aromatic rings. The first kappa shape index (κ1) is 19.3. The minimum atomic E-state index is -0.191. The second-order valence-corrected chi connectivity index (χ2v) is 6.67. The van der Waals surface area contributed by atoms with E-state index >= 15 is 0 Å². The van der Waals surface area contributed by atoms with E-state index in [0.29, 0.717) is 17.9 Å². The van der Waals surface area contributed by atoms with Crippen molar-refractivity contribution in [2.75, 3.05) is 50.5 Å². The molecule has 0 unspecified atom stereocenters. The summed E-state index contributed by atoms with van der Waals surface area (Å²) in [6.45, 7) is 4.40. The van der Waals surface area contributed by atoms with Crippen LogP contribution in [0.5, 0.6) is 0 Å². The Bertz CT molecular complexity index is 773. The number of carbonyl (C=O) groups is 1. The number of nitrogen functional groups attached to an aromatic ring is 1. The fraction of sp³-hybridized carbons (Fsp3) is 0.450. The lowest BCUT2D eigenvalue weighted by atomic mass is 10.0. The van der Waals surface area contributed by atoms with Crippen LogP contribution in [-0.2, 0) is 11.2 Å². The number of hydrogen-bond acceptors (Lipinski definition) is 7. The molecule has 3 heterocycles. The predicted molar refractivity (Wildman–Crippen MR) is 106 cm³/mol. The second kappa shape index (κ2) is 9.43. The average Bonchev–Trinajstić information content (AvgIpc) is 2.98. The third-order valence-corrected chi connectivity index (χ3v) is 4.66. The van der Waals surface area contributed by atoms with Crippen molar-refractivity contribution in [3.8, 4) is 0 Å². The molecule has 1 aliphatic heterocycles. The zero-order valence-electron chi connectivity index (χ0n) is 15.8. The minimum Gasteiger partial charge on any atom is -0.385 e. The van der Waals surface area contributed by atoms with Gasteiger partial charge in [-0.2, -0.15) is 0 Å². The number of nitrogens with one attached hydrogen (secondary N) is 1. The average molecular weight is 369 g/mol. The van der Waals surface area contributed by atoms with Gasteiger partial charge in [-0.3, -0.25) is 4.79 Å². The quantitative estimate of drug-likeness (QED) is 0.566. The van der Waals surface area contributed by atoms with Crippen molar-refractivity contribution in [1.29, 1.82) is 0 Å². The van der Waals surface area contributed by atoms with Gasteiger partial charge in [0.15, 0.2) is 0 Å². The Labute approximate surface area is 159 Å². The van der Waals surface area contributed by atoms with E-state index in [-0.39, 0.29) is 11.6 Å². The molecule has 144 valence electrons. The lowest BCUT2D eigenvalue weighted by Crippen LogP contribution is -2.29. The van der Waals surface area contributed by atoms with Crippen molar-refractivity contribution < 1.29 is 9.53 Å². The number of methoxy groups -OCH3 is 1. The van der Waals surface area contributed by atoms with E-state index in [4.69, 9.17) is 10.5 Å². The van der Waals surface area contributed by atoms with Crippen LogP contribution in [0, 0.1) is 0 Å². The van der Waals surface area contributed by atoms with Crippen molar-refractivity contribution in [3.05, 3.63) is 47.3 Å². The third-order valence-electron chi connectivity index (χ3n) is 4.66. The van der Waals surface area contributed by atoms with Gasteiger partial charge in [0.05, 0.1) is 5.56 Å². The number of rotatable bonds is 7. The third kappa shape index (κ3) is 5.02. The zero-order valence-corrected chi connectivity index (χ0v) is 15.8. The van der Waals surface area contributed by atoms with E-state index in [2.05, 4.69) is 20.2 Å². The van der Waals surface area contributed by atoms with E-state index in [0.717, 1.165) is 56.8 Å². The number of hydrogen-bond donors (Lipinski definition) is 2. The van der Waals surface area contributed by atoms with Gasteiger partial charge in [-0.25, -0.2) is 9.97 Å². The molecule has 0 atom stereocenters. The molecule has 1 fully saturated rings. The summed E-state index contributed by atoms with van der Waals surface area (Å²) in [5, 5.41) is 3.37. The normalized spacial score (nSPS) is 14.8. The molecule has 7 nitrogen and oxygen atoms in total. The minimum absolute atomic E-state index is 0.191. The van der Waals surface area contributed by atoms with Gasteiger partial charge in [0.25, 0.3) is 0 Å². The number of aromatic nitrogens is 2. The lowest BCUT2D eigenvalue weighted by Gasteiger charge is -2.21. The van der Waals surface area contributed by atoms with E-state index in [1.165, 1.54) is 0 Å². The number of carbonyl (C=O) groups excluding carboxylic acids is 1. The Morgan fingerprint density at radius 1 is 1.33 bits per heavy atom. The van der Waals surface area contributed by atoms with Crippen molar-refractivity contribution in [1.82, 2.24) is 15.3 Å². The summed E-state index contributed by atoms with van der Waals surface area (Å²) < 4.78 is 5.08. The number of ether oxygens (including phenoxy) is 1. The molecule has 0 spiro atoms. The largest absolute Gasteiger partial charge is 0.385 e. The molecule has 7 heteroatoms. The van der Waals surface area contributed by atoms with Gasteiger partial charge >= 0.3 is 0 Å². The van der Waals surface area contributed by atoms with Crippen molar-refractivity contribution in [2.24, 2.45) is 0 Å². The maximum Gasteiger partial charge on any atom is 0.215 e. The summed E-state index contributed by atoms with van der Waals surface area (Å²) in [6, 6.07) is 7.38. The van der Waals surface area contributed by atoms with Crippen LogP contribution in [0.1, 0.15) is 34.5 Å². The van der Waals surface area contributed by atoms with Gasteiger partial charge in [0.2, 0.25) is 5.78 Å². The first-order valence-corrected chi connectivity index (χ1v) is 9.40. The molecule has 1 aliphatic rings. The smallest absolute Gasteiger partial charge is 0.215 e. The summed E-state index contributed by atoms with van der Waals surface area (Å²) >= 11 is 0. The van der Waals surface area contributed by atoms with Gasteiger partial charge in [-0.05, 0) is 49.6 Å². The number of nitrogens with two attached hydrogens (primary N) is 1. The number of aryl methyl sites for hydroxylation is 1. The van der Waals surface area contributed by atoms with Gasteiger partial charge < -0.3 is 20.7 Å². The fourth-order valence-corrected chi connectivity index (χ4v) is 3.20. The SMILES string of the molecule is COCCCc1cnc(N)c(C(=O)c2cccc(N3CCCNCC3)n2)c1. The Hall–Kier alpha value is -2.51. The summed E-state index contributed by atoms with van der Waals surface area (Å²) in [7, 11) is 1.68. The standard InChI is InChI=1S/C20H27N5O2/c1-27-12-3-5-15-13-16(20(21)23-14-15)19(26)17-6-2-7-18(24-17)25-10-4-8-22-9-11-25/h2,6-7,13-14,22H,3-5,8-12H2,1H3,(H2,21,23). The monoisotopic (exact) mass is 369 g/mol. The molecule has 0 aromatic carbocycles. The van der Waals surface area contributed by atoms with Crippen molar-refractivity contribution >= 4 is 17.4 Å². The molecule has 27 heavy (non-hydrogen) atoms. The number of anilines is 2. The molecular formula is C20H27N5O2. The van der Waals surface area contributed by atoms with Crippen molar-refractivity contribution in [2.45, 2.75) is 19.3 Å². The second-order valence-electron chi connectivity index (χ2n) is 6.67. The molecule has 0 radical (unpaired) electrons. The summed E-state index contributed by atoms with van der Waals surface area (Å²) in [6.07, 6.45) is 4.43. The highest BCUT2D eigenvalue weighted by molar-refractivity contribution is 6.10. The van der Waals surface area contributed by atoms with Gasteiger partial charge in [0.1, 0.15) is 17.3 Å².